The molecule has 112 valence electrons. The van der Waals surface area contributed by atoms with Crippen molar-refractivity contribution in [2.24, 2.45) is 5.73 Å². The van der Waals surface area contributed by atoms with E-state index in [9.17, 15) is 4.79 Å². The van der Waals surface area contributed by atoms with Gasteiger partial charge in [-0.3, -0.25) is 0 Å². The highest BCUT2D eigenvalue weighted by Crippen LogP contribution is 2.25. The van der Waals surface area contributed by atoms with E-state index in [1.165, 1.54) is 0 Å². The topological polar surface area (TPSA) is 70.8 Å². The molecule has 5 heteroatoms. The quantitative estimate of drug-likeness (QED) is 0.738. The molecule has 1 aromatic rings. The summed E-state index contributed by atoms with van der Waals surface area (Å²) in [7, 11) is 0. The number of carbonyl (C=O) groups excluding carboxylic acids is 1. The minimum atomic E-state index is -0.381. The van der Waals surface area contributed by atoms with Crippen LogP contribution in [0.5, 0.6) is 5.75 Å². The second-order valence-corrected chi connectivity index (χ2v) is 4.40. The molecular formula is C15H23NO4. The SMILES string of the molecule is CCOC(=O)COCC(N)c1cc(C)ccc1OCC. The van der Waals surface area contributed by atoms with E-state index in [0.717, 1.165) is 16.9 Å². The zero-order chi connectivity index (χ0) is 15.0. The van der Waals surface area contributed by atoms with Gasteiger partial charge in [0, 0.05) is 5.56 Å². The van der Waals surface area contributed by atoms with Crippen molar-refractivity contribution in [1.29, 1.82) is 0 Å². The van der Waals surface area contributed by atoms with Crippen molar-refractivity contribution in [3.63, 3.8) is 0 Å². The van der Waals surface area contributed by atoms with Crippen LogP contribution in [0.2, 0.25) is 0 Å². The Balaban J connectivity index is 2.59. The fraction of sp³-hybridized carbons (Fsp3) is 0.533. The van der Waals surface area contributed by atoms with Crippen molar-refractivity contribution in [1.82, 2.24) is 0 Å². The molecule has 20 heavy (non-hydrogen) atoms. The molecular weight excluding hydrogens is 258 g/mol. The lowest BCUT2D eigenvalue weighted by molar-refractivity contribution is -0.148. The molecule has 0 heterocycles. The summed E-state index contributed by atoms with van der Waals surface area (Å²) in [5.41, 5.74) is 8.08. The van der Waals surface area contributed by atoms with E-state index in [1.807, 2.05) is 32.0 Å². The van der Waals surface area contributed by atoms with Crippen LogP contribution in [0, 0.1) is 6.92 Å². The Labute approximate surface area is 120 Å². The van der Waals surface area contributed by atoms with Gasteiger partial charge in [0.25, 0.3) is 0 Å². The van der Waals surface area contributed by atoms with Crippen LogP contribution < -0.4 is 10.5 Å². The van der Waals surface area contributed by atoms with Gasteiger partial charge in [-0.2, -0.15) is 0 Å². The fourth-order valence-electron chi connectivity index (χ4n) is 1.81. The summed E-state index contributed by atoms with van der Waals surface area (Å²) in [6.45, 7) is 6.75. The molecule has 0 radical (unpaired) electrons. The maximum Gasteiger partial charge on any atom is 0.332 e. The number of aryl methyl sites for hydroxylation is 1. The molecule has 0 bridgehead atoms. The van der Waals surface area contributed by atoms with Crippen molar-refractivity contribution in [3.8, 4) is 5.75 Å². The highest BCUT2D eigenvalue weighted by molar-refractivity contribution is 5.70. The summed E-state index contributed by atoms with van der Waals surface area (Å²) < 4.78 is 15.6. The Bertz CT molecular complexity index is 434. The Hall–Kier alpha value is -1.59. The van der Waals surface area contributed by atoms with E-state index in [4.69, 9.17) is 19.9 Å². The lowest BCUT2D eigenvalue weighted by Crippen LogP contribution is -2.21. The maximum absolute atomic E-state index is 11.2. The predicted octanol–water partition coefficient (Wildman–Crippen LogP) is 1.97. The van der Waals surface area contributed by atoms with Crippen LogP contribution >= 0.6 is 0 Å². The number of carbonyl (C=O) groups is 1. The van der Waals surface area contributed by atoms with Gasteiger partial charge in [0.1, 0.15) is 12.4 Å². The van der Waals surface area contributed by atoms with E-state index in [0.29, 0.717) is 13.2 Å². The van der Waals surface area contributed by atoms with Gasteiger partial charge >= 0.3 is 5.97 Å². The summed E-state index contributed by atoms with van der Waals surface area (Å²) >= 11 is 0. The third-order valence-electron chi connectivity index (χ3n) is 2.69. The first-order valence-electron chi connectivity index (χ1n) is 6.80. The normalized spacial score (nSPS) is 12.0. The molecule has 1 unspecified atom stereocenters. The van der Waals surface area contributed by atoms with E-state index in [1.54, 1.807) is 6.92 Å². The van der Waals surface area contributed by atoms with Gasteiger partial charge in [-0.1, -0.05) is 17.7 Å². The van der Waals surface area contributed by atoms with Crippen LogP contribution in [0.1, 0.15) is 31.0 Å². The van der Waals surface area contributed by atoms with Gasteiger partial charge in [-0.05, 0) is 26.8 Å². The highest BCUT2D eigenvalue weighted by Gasteiger charge is 2.13. The van der Waals surface area contributed by atoms with Crippen molar-refractivity contribution >= 4 is 5.97 Å². The number of esters is 1. The Kier molecular flexibility index (Phi) is 7.04. The molecule has 1 rings (SSSR count). The van der Waals surface area contributed by atoms with Crippen molar-refractivity contribution in [2.45, 2.75) is 26.8 Å². The molecule has 1 aromatic carbocycles. The molecule has 2 N–H and O–H groups in total. The molecule has 0 saturated carbocycles. The first kappa shape index (κ1) is 16.5. The molecule has 0 amide bonds. The maximum atomic E-state index is 11.2. The van der Waals surface area contributed by atoms with Crippen molar-refractivity contribution < 1.29 is 19.0 Å². The Morgan fingerprint density at radius 2 is 2.05 bits per heavy atom. The average Bonchev–Trinajstić information content (AvgIpc) is 2.41. The van der Waals surface area contributed by atoms with Crippen molar-refractivity contribution in [3.05, 3.63) is 29.3 Å². The highest BCUT2D eigenvalue weighted by atomic mass is 16.6. The lowest BCUT2D eigenvalue weighted by Gasteiger charge is -2.17. The molecule has 0 fully saturated rings. The number of ether oxygens (including phenoxy) is 3. The number of nitrogens with two attached hydrogens (primary N) is 1. The summed E-state index contributed by atoms with van der Waals surface area (Å²) in [5.74, 6) is 0.374. The smallest absolute Gasteiger partial charge is 0.332 e. The summed E-state index contributed by atoms with van der Waals surface area (Å²) in [6.07, 6.45) is 0. The molecule has 0 aromatic heterocycles. The summed E-state index contributed by atoms with van der Waals surface area (Å²) in [6, 6.07) is 5.51. The van der Waals surface area contributed by atoms with Gasteiger partial charge in [-0.25, -0.2) is 4.79 Å². The van der Waals surface area contributed by atoms with Gasteiger partial charge in [-0.15, -0.1) is 0 Å². The second-order valence-electron chi connectivity index (χ2n) is 4.40. The third kappa shape index (κ3) is 5.19. The largest absolute Gasteiger partial charge is 0.494 e. The fourth-order valence-corrected chi connectivity index (χ4v) is 1.81. The van der Waals surface area contributed by atoms with Crippen LogP contribution in [0.3, 0.4) is 0 Å². The third-order valence-corrected chi connectivity index (χ3v) is 2.69. The van der Waals surface area contributed by atoms with E-state index >= 15 is 0 Å². The molecule has 0 aliphatic rings. The predicted molar refractivity (Wildman–Crippen MR) is 76.7 cm³/mol. The first-order valence-corrected chi connectivity index (χ1v) is 6.80. The van der Waals surface area contributed by atoms with Crippen LogP contribution in [0.25, 0.3) is 0 Å². The molecule has 1 atom stereocenters. The van der Waals surface area contributed by atoms with E-state index in [2.05, 4.69) is 0 Å². The van der Waals surface area contributed by atoms with Gasteiger partial charge in [0.15, 0.2) is 0 Å². The first-order chi connectivity index (χ1) is 9.58. The standard InChI is InChI=1S/C15H23NO4/c1-4-19-14-7-6-11(3)8-12(14)13(16)9-18-10-15(17)20-5-2/h6-8,13H,4-5,9-10,16H2,1-3H3. The second kappa shape index (κ2) is 8.55. The molecule has 0 aliphatic heterocycles. The minimum Gasteiger partial charge on any atom is -0.494 e. The van der Waals surface area contributed by atoms with Crippen LogP contribution in [-0.4, -0.2) is 32.4 Å². The van der Waals surface area contributed by atoms with Crippen LogP contribution in [-0.2, 0) is 14.3 Å². The zero-order valence-electron chi connectivity index (χ0n) is 12.3. The van der Waals surface area contributed by atoms with Crippen LogP contribution in [0.15, 0.2) is 18.2 Å². The molecule has 0 saturated heterocycles. The summed E-state index contributed by atoms with van der Waals surface area (Å²) in [4.78, 5) is 11.2. The number of rotatable bonds is 8. The molecule has 0 aliphatic carbocycles. The Morgan fingerprint density at radius 1 is 1.30 bits per heavy atom. The Morgan fingerprint density at radius 3 is 2.70 bits per heavy atom. The number of benzene rings is 1. The van der Waals surface area contributed by atoms with Crippen molar-refractivity contribution in [2.75, 3.05) is 26.4 Å². The lowest BCUT2D eigenvalue weighted by atomic mass is 10.0. The van der Waals surface area contributed by atoms with Crippen LogP contribution in [0.4, 0.5) is 0 Å². The number of hydrogen-bond donors (Lipinski definition) is 1. The van der Waals surface area contributed by atoms with Gasteiger partial charge < -0.3 is 19.9 Å². The van der Waals surface area contributed by atoms with E-state index < -0.39 is 0 Å². The molecule has 0 spiro atoms. The number of hydrogen-bond acceptors (Lipinski definition) is 5. The summed E-state index contributed by atoms with van der Waals surface area (Å²) in [5, 5.41) is 0. The minimum absolute atomic E-state index is 0.0860. The average molecular weight is 281 g/mol. The monoisotopic (exact) mass is 281 g/mol. The van der Waals surface area contributed by atoms with E-state index in [-0.39, 0.29) is 25.2 Å². The zero-order valence-corrected chi connectivity index (χ0v) is 12.3. The van der Waals surface area contributed by atoms with Gasteiger partial charge in [0.2, 0.25) is 0 Å². The van der Waals surface area contributed by atoms with Gasteiger partial charge in [0.05, 0.1) is 25.9 Å². The molecule has 5 nitrogen and oxygen atoms in total.